The van der Waals surface area contributed by atoms with Gasteiger partial charge in [0.25, 0.3) is 15.9 Å². The summed E-state index contributed by atoms with van der Waals surface area (Å²) in [5.41, 5.74) is 0.969. The molecule has 2 heterocycles. The molecule has 1 aromatic carbocycles. The van der Waals surface area contributed by atoms with Crippen molar-refractivity contribution >= 4 is 33.3 Å². The van der Waals surface area contributed by atoms with E-state index in [4.69, 9.17) is 0 Å². The summed E-state index contributed by atoms with van der Waals surface area (Å²) in [4.78, 5) is 31.0. The summed E-state index contributed by atoms with van der Waals surface area (Å²) < 4.78 is 28.7. The third-order valence-corrected chi connectivity index (χ3v) is 5.67. The maximum Gasteiger partial charge on any atom is 0.322 e. The maximum absolute atomic E-state index is 12.6. The number of carbonyl (C=O) groups excluding carboxylic acids is 1. The Kier molecular flexibility index (Phi) is 5.71. The fourth-order valence-corrected chi connectivity index (χ4v) is 3.77. The van der Waals surface area contributed by atoms with Crippen molar-refractivity contribution in [3.63, 3.8) is 0 Å². The molecule has 0 aliphatic rings. The number of amides is 1. The molecule has 12 nitrogen and oxygen atoms in total. The molecule has 0 radical (unpaired) electrons. The molecule has 0 unspecified atom stereocenters. The summed E-state index contributed by atoms with van der Waals surface area (Å²) >= 11 is 0. The second-order valence-corrected chi connectivity index (χ2v) is 8.40. The molecular formula is C18H19N7O5S. The highest BCUT2D eigenvalue weighted by atomic mass is 32.2. The number of anilines is 2. The SMILES string of the molecule is Cc1cc(C)nc(NS(=O)(=O)c2ccc(NC(=O)c3nn(C)c(C)c3[N+](=O)[O-])cc2)n1. The van der Waals surface area contributed by atoms with E-state index in [1.54, 1.807) is 19.9 Å². The third kappa shape index (κ3) is 4.66. The minimum atomic E-state index is -3.96. The first kappa shape index (κ1) is 21.8. The first-order chi connectivity index (χ1) is 14.5. The van der Waals surface area contributed by atoms with Gasteiger partial charge in [0.2, 0.25) is 11.6 Å². The topological polar surface area (TPSA) is 162 Å². The predicted molar refractivity (Wildman–Crippen MR) is 111 cm³/mol. The summed E-state index contributed by atoms with van der Waals surface area (Å²) in [5.74, 6) is -0.833. The van der Waals surface area contributed by atoms with E-state index < -0.39 is 26.5 Å². The van der Waals surface area contributed by atoms with Crippen molar-refractivity contribution in [3.8, 4) is 0 Å². The van der Waals surface area contributed by atoms with E-state index in [2.05, 4.69) is 25.1 Å². The smallest absolute Gasteiger partial charge is 0.320 e. The lowest BCUT2D eigenvalue weighted by atomic mass is 10.2. The zero-order valence-corrected chi connectivity index (χ0v) is 17.9. The van der Waals surface area contributed by atoms with Crippen LogP contribution in [0.2, 0.25) is 0 Å². The molecule has 3 aromatic rings. The molecule has 162 valence electrons. The highest BCUT2D eigenvalue weighted by Crippen LogP contribution is 2.24. The quantitative estimate of drug-likeness (QED) is 0.430. The van der Waals surface area contributed by atoms with Crippen molar-refractivity contribution in [2.24, 2.45) is 7.05 Å². The average Bonchev–Trinajstić information content (AvgIpc) is 2.96. The second kappa shape index (κ2) is 8.10. The van der Waals surface area contributed by atoms with Crippen molar-refractivity contribution in [1.82, 2.24) is 19.7 Å². The van der Waals surface area contributed by atoms with E-state index in [1.807, 2.05) is 0 Å². The maximum atomic E-state index is 12.6. The first-order valence-corrected chi connectivity index (χ1v) is 10.4. The summed E-state index contributed by atoms with van der Waals surface area (Å²) in [6.07, 6.45) is 0. The Bertz CT molecular complexity index is 1260. The summed E-state index contributed by atoms with van der Waals surface area (Å²) in [6.45, 7) is 4.92. The van der Waals surface area contributed by atoms with Gasteiger partial charge < -0.3 is 5.32 Å². The molecule has 0 spiro atoms. The van der Waals surface area contributed by atoms with Crippen molar-refractivity contribution in [1.29, 1.82) is 0 Å². The molecular weight excluding hydrogens is 426 g/mol. The van der Waals surface area contributed by atoms with Gasteiger partial charge in [0.15, 0.2) is 0 Å². The van der Waals surface area contributed by atoms with Crippen LogP contribution in [0.3, 0.4) is 0 Å². The number of rotatable bonds is 6. The fraction of sp³-hybridized carbons (Fsp3) is 0.222. The highest BCUT2D eigenvalue weighted by Gasteiger charge is 2.29. The molecule has 3 rings (SSSR count). The molecule has 0 saturated carbocycles. The van der Waals surface area contributed by atoms with E-state index in [0.29, 0.717) is 11.4 Å². The van der Waals surface area contributed by atoms with Gasteiger partial charge in [-0.2, -0.15) is 5.10 Å². The van der Waals surface area contributed by atoms with E-state index in [1.165, 1.54) is 42.9 Å². The molecule has 2 aromatic heterocycles. The zero-order valence-electron chi connectivity index (χ0n) is 17.1. The molecule has 0 bridgehead atoms. The Balaban J connectivity index is 1.79. The van der Waals surface area contributed by atoms with Crippen LogP contribution in [0.5, 0.6) is 0 Å². The Labute approximate surface area is 177 Å². The molecule has 0 saturated heterocycles. The number of nitro groups is 1. The Morgan fingerprint density at radius 3 is 2.23 bits per heavy atom. The molecule has 0 fully saturated rings. The van der Waals surface area contributed by atoms with E-state index >= 15 is 0 Å². The van der Waals surface area contributed by atoms with Gasteiger partial charge in [-0.25, -0.2) is 23.1 Å². The summed E-state index contributed by atoms with van der Waals surface area (Å²) in [7, 11) is -2.47. The van der Waals surface area contributed by atoms with Crippen LogP contribution in [0.1, 0.15) is 27.6 Å². The molecule has 13 heteroatoms. The lowest BCUT2D eigenvalue weighted by Crippen LogP contribution is -2.16. The monoisotopic (exact) mass is 445 g/mol. The van der Waals surface area contributed by atoms with Gasteiger partial charge in [0, 0.05) is 24.1 Å². The summed E-state index contributed by atoms with van der Waals surface area (Å²) in [6, 6.07) is 6.98. The number of aromatic nitrogens is 4. The predicted octanol–water partition coefficient (Wildman–Crippen LogP) is 2.10. The van der Waals surface area contributed by atoms with Crippen molar-refractivity contribution < 1.29 is 18.1 Å². The van der Waals surface area contributed by atoms with Crippen molar-refractivity contribution in [2.45, 2.75) is 25.7 Å². The van der Waals surface area contributed by atoms with Crippen LogP contribution >= 0.6 is 0 Å². The van der Waals surface area contributed by atoms with Crippen LogP contribution in [0.25, 0.3) is 0 Å². The van der Waals surface area contributed by atoms with Gasteiger partial charge in [-0.1, -0.05) is 0 Å². The number of nitrogens with zero attached hydrogens (tertiary/aromatic N) is 5. The van der Waals surface area contributed by atoms with Crippen LogP contribution in [-0.4, -0.2) is 39.0 Å². The lowest BCUT2D eigenvalue weighted by molar-refractivity contribution is -0.385. The van der Waals surface area contributed by atoms with Crippen LogP contribution in [0.4, 0.5) is 17.3 Å². The van der Waals surface area contributed by atoms with Crippen LogP contribution in [-0.2, 0) is 17.1 Å². The molecule has 31 heavy (non-hydrogen) atoms. The minimum absolute atomic E-state index is 0.0484. The molecule has 2 N–H and O–H groups in total. The van der Waals surface area contributed by atoms with E-state index in [-0.39, 0.29) is 27.9 Å². The number of carbonyl (C=O) groups is 1. The van der Waals surface area contributed by atoms with Gasteiger partial charge >= 0.3 is 5.69 Å². The van der Waals surface area contributed by atoms with Crippen LogP contribution < -0.4 is 10.0 Å². The third-order valence-electron chi connectivity index (χ3n) is 4.33. The molecule has 1 amide bonds. The summed E-state index contributed by atoms with van der Waals surface area (Å²) in [5, 5.41) is 17.6. The Hall–Kier alpha value is -3.87. The van der Waals surface area contributed by atoms with Gasteiger partial charge in [-0.05, 0) is 51.1 Å². The van der Waals surface area contributed by atoms with Gasteiger partial charge in [0.05, 0.1) is 9.82 Å². The first-order valence-electron chi connectivity index (χ1n) is 8.92. The number of aryl methyl sites for hydroxylation is 3. The largest absolute Gasteiger partial charge is 0.322 e. The van der Waals surface area contributed by atoms with Gasteiger partial charge in [0.1, 0.15) is 5.69 Å². The van der Waals surface area contributed by atoms with Gasteiger partial charge in [-0.15, -0.1) is 0 Å². The second-order valence-electron chi connectivity index (χ2n) is 6.72. The average molecular weight is 445 g/mol. The van der Waals surface area contributed by atoms with Crippen LogP contribution in [0, 0.1) is 30.9 Å². The molecule has 0 atom stereocenters. The number of hydrogen-bond acceptors (Lipinski definition) is 8. The fourth-order valence-electron chi connectivity index (χ4n) is 2.83. The normalized spacial score (nSPS) is 11.2. The zero-order chi connectivity index (χ0) is 22.9. The minimum Gasteiger partial charge on any atom is -0.320 e. The molecule has 0 aliphatic carbocycles. The number of nitrogens with one attached hydrogen (secondary N) is 2. The van der Waals surface area contributed by atoms with E-state index in [9.17, 15) is 23.3 Å². The van der Waals surface area contributed by atoms with E-state index in [0.717, 1.165) is 0 Å². The van der Waals surface area contributed by atoms with Crippen molar-refractivity contribution in [2.75, 3.05) is 10.0 Å². The number of benzene rings is 1. The molecule has 0 aliphatic heterocycles. The van der Waals surface area contributed by atoms with Gasteiger partial charge in [-0.3, -0.25) is 19.6 Å². The lowest BCUT2D eigenvalue weighted by Gasteiger charge is -2.09. The van der Waals surface area contributed by atoms with Crippen molar-refractivity contribution in [3.05, 3.63) is 63.2 Å². The number of sulfonamides is 1. The van der Waals surface area contributed by atoms with Crippen LogP contribution in [0.15, 0.2) is 35.2 Å². The highest BCUT2D eigenvalue weighted by molar-refractivity contribution is 7.92. The Morgan fingerprint density at radius 1 is 1.10 bits per heavy atom. The number of hydrogen-bond donors (Lipinski definition) is 2. The Morgan fingerprint density at radius 2 is 1.68 bits per heavy atom. The standard InChI is InChI=1S/C18H19N7O5S/c1-10-9-11(2)20-18(19-10)23-31(29,30)14-7-5-13(6-8-14)21-17(26)15-16(25(27)28)12(3)24(4)22-15/h5-9H,1-4H3,(H,21,26)(H,19,20,23).